The fraction of sp³-hybridized carbons (Fsp3) is 0.364. The highest BCUT2D eigenvalue weighted by atomic mass is 32.2. The lowest BCUT2D eigenvalue weighted by Crippen LogP contribution is -2.35. The molecule has 0 heterocycles. The van der Waals surface area contributed by atoms with Crippen molar-refractivity contribution in [1.82, 2.24) is 5.32 Å². The number of carbonyl (C=O) groups is 2. The Morgan fingerprint density at radius 1 is 1.03 bits per heavy atom. The van der Waals surface area contributed by atoms with Crippen molar-refractivity contribution >= 4 is 21.7 Å². The van der Waals surface area contributed by atoms with Gasteiger partial charge in [0.1, 0.15) is 0 Å². The normalized spacial score (nSPS) is 12.4. The third-order valence-electron chi connectivity index (χ3n) is 4.57. The molecule has 0 aliphatic rings. The molecule has 0 fully saturated rings. The standard InChI is InChI=1S/C22H27NO5S/c1-5-16-10-12-17(13-11-16)21(15(2)3)23-20(24)14-28-22(25)18-8-6-7-9-19(18)29(4,26)27/h6-13,15,21H,5,14H2,1-4H3,(H,23,24)/t21-/m1/s1. The van der Waals surface area contributed by atoms with E-state index >= 15 is 0 Å². The number of rotatable bonds is 8. The topological polar surface area (TPSA) is 89.5 Å². The summed E-state index contributed by atoms with van der Waals surface area (Å²) in [5, 5.41) is 2.89. The van der Waals surface area contributed by atoms with E-state index in [-0.39, 0.29) is 22.4 Å². The van der Waals surface area contributed by atoms with Crippen LogP contribution in [0, 0.1) is 5.92 Å². The largest absolute Gasteiger partial charge is 0.452 e. The number of hydrogen-bond acceptors (Lipinski definition) is 5. The first-order valence-corrected chi connectivity index (χ1v) is 11.4. The van der Waals surface area contributed by atoms with E-state index in [2.05, 4.69) is 12.2 Å². The van der Waals surface area contributed by atoms with Gasteiger partial charge in [-0.25, -0.2) is 13.2 Å². The number of aryl methyl sites for hydroxylation is 1. The van der Waals surface area contributed by atoms with E-state index in [4.69, 9.17) is 4.74 Å². The minimum Gasteiger partial charge on any atom is -0.452 e. The van der Waals surface area contributed by atoms with Crippen molar-refractivity contribution in [2.45, 2.75) is 38.1 Å². The van der Waals surface area contributed by atoms with Crippen LogP contribution in [-0.2, 0) is 25.8 Å². The van der Waals surface area contributed by atoms with Gasteiger partial charge in [-0.1, -0.05) is 57.2 Å². The summed E-state index contributed by atoms with van der Waals surface area (Å²) in [7, 11) is -3.59. The van der Waals surface area contributed by atoms with Gasteiger partial charge in [0.25, 0.3) is 5.91 Å². The van der Waals surface area contributed by atoms with Gasteiger partial charge >= 0.3 is 5.97 Å². The molecule has 0 radical (unpaired) electrons. The molecular formula is C22H27NO5S. The number of benzene rings is 2. The first kappa shape index (κ1) is 22.6. The fourth-order valence-corrected chi connectivity index (χ4v) is 3.85. The second-order valence-electron chi connectivity index (χ2n) is 7.23. The fourth-order valence-electron chi connectivity index (χ4n) is 2.98. The average molecular weight is 418 g/mol. The number of amides is 1. The third-order valence-corrected chi connectivity index (χ3v) is 5.73. The zero-order valence-corrected chi connectivity index (χ0v) is 18.0. The number of esters is 1. The first-order valence-electron chi connectivity index (χ1n) is 9.48. The number of ether oxygens (including phenoxy) is 1. The van der Waals surface area contributed by atoms with Crippen LogP contribution in [0.15, 0.2) is 53.4 Å². The molecule has 7 heteroatoms. The van der Waals surface area contributed by atoms with E-state index in [0.29, 0.717) is 0 Å². The molecule has 0 unspecified atom stereocenters. The Morgan fingerprint density at radius 2 is 1.66 bits per heavy atom. The molecule has 1 amide bonds. The quantitative estimate of drug-likeness (QED) is 0.666. The van der Waals surface area contributed by atoms with Crippen LogP contribution in [-0.4, -0.2) is 33.2 Å². The highest BCUT2D eigenvalue weighted by Crippen LogP contribution is 2.22. The van der Waals surface area contributed by atoms with Crippen LogP contribution in [0.25, 0.3) is 0 Å². The summed E-state index contributed by atoms with van der Waals surface area (Å²) in [4.78, 5) is 24.6. The van der Waals surface area contributed by atoms with E-state index in [0.717, 1.165) is 18.2 Å². The highest BCUT2D eigenvalue weighted by molar-refractivity contribution is 7.90. The van der Waals surface area contributed by atoms with E-state index < -0.39 is 28.3 Å². The molecule has 6 nitrogen and oxygen atoms in total. The number of nitrogens with one attached hydrogen (secondary N) is 1. The summed E-state index contributed by atoms with van der Waals surface area (Å²) in [5.41, 5.74) is 2.10. The van der Waals surface area contributed by atoms with Gasteiger partial charge in [-0.3, -0.25) is 4.79 Å². The van der Waals surface area contributed by atoms with Gasteiger partial charge in [0.05, 0.1) is 16.5 Å². The van der Waals surface area contributed by atoms with Crippen molar-refractivity contribution in [2.75, 3.05) is 12.9 Å². The van der Waals surface area contributed by atoms with Gasteiger partial charge in [0.2, 0.25) is 0 Å². The zero-order chi connectivity index (χ0) is 21.6. The summed E-state index contributed by atoms with van der Waals surface area (Å²) < 4.78 is 28.7. The lowest BCUT2D eigenvalue weighted by molar-refractivity contribution is -0.125. The summed E-state index contributed by atoms with van der Waals surface area (Å²) in [5.74, 6) is -1.17. The predicted octanol–water partition coefficient (Wildman–Crippen LogP) is 3.32. The van der Waals surface area contributed by atoms with Crippen molar-refractivity contribution in [1.29, 1.82) is 0 Å². The summed E-state index contributed by atoms with van der Waals surface area (Å²) in [6, 6.07) is 13.6. The van der Waals surface area contributed by atoms with Gasteiger partial charge in [-0.2, -0.15) is 0 Å². The molecular weight excluding hydrogens is 390 g/mol. The zero-order valence-electron chi connectivity index (χ0n) is 17.1. The minimum atomic E-state index is -3.59. The molecule has 0 bridgehead atoms. The van der Waals surface area contributed by atoms with Crippen LogP contribution in [0.5, 0.6) is 0 Å². The van der Waals surface area contributed by atoms with E-state index in [1.54, 1.807) is 6.07 Å². The maximum absolute atomic E-state index is 12.4. The average Bonchev–Trinajstić information content (AvgIpc) is 2.69. The van der Waals surface area contributed by atoms with Crippen LogP contribution in [0.2, 0.25) is 0 Å². The molecule has 0 aromatic heterocycles. The van der Waals surface area contributed by atoms with Crippen LogP contribution in [0.3, 0.4) is 0 Å². The van der Waals surface area contributed by atoms with Crippen LogP contribution in [0.1, 0.15) is 48.3 Å². The van der Waals surface area contributed by atoms with Gasteiger partial charge in [0.15, 0.2) is 16.4 Å². The van der Waals surface area contributed by atoms with Gasteiger partial charge in [-0.05, 0) is 35.6 Å². The summed E-state index contributed by atoms with van der Waals surface area (Å²) in [6.45, 7) is 5.57. The predicted molar refractivity (Wildman–Crippen MR) is 111 cm³/mol. The van der Waals surface area contributed by atoms with Crippen molar-refractivity contribution < 1.29 is 22.7 Å². The third kappa shape index (κ3) is 6.15. The van der Waals surface area contributed by atoms with E-state index in [1.807, 2.05) is 38.1 Å². The maximum atomic E-state index is 12.4. The molecule has 29 heavy (non-hydrogen) atoms. The number of carbonyl (C=O) groups excluding carboxylic acids is 2. The van der Waals surface area contributed by atoms with Crippen LogP contribution in [0.4, 0.5) is 0 Å². The molecule has 0 spiro atoms. The molecule has 0 saturated carbocycles. The van der Waals surface area contributed by atoms with E-state index in [9.17, 15) is 18.0 Å². The van der Waals surface area contributed by atoms with Gasteiger partial charge < -0.3 is 10.1 Å². The monoisotopic (exact) mass is 417 g/mol. The summed E-state index contributed by atoms with van der Waals surface area (Å²) >= 11 is 0. The van der Waals surface area contributed by atoms with Crippen molar-refractivity contribution in [3.05, 3.63) is 65.2 Å². The second kappa shape index (κ2) is 9.69. The first-order chi connectivity index (χ1) is 13.6. The van der Waals surface area contributed by atoms with Gasteiger partial charge in [0, 0.05) is 6.26 Å². The van der Waals surface area contributed by atoms with Gasteiger partial charge in [-0.15, -0.1) is 0 Å². The Morgan fingerprint density at radius 3 is 2.21 bits per heavy atom. The lowest BCUT2D eigenvalue weighted by Gasteiger charge is -2.23. The van der Waals surface area contributed by atoms with Crippen LogP contribution >= 0.6 is 0 Å². The second-order valence-corrected chi connectivity index (χ2v) is 9.21. The Balaban J connectivity index is 2.05. The van der Waals surface area contributed by atoms with E-state index in [1.165, 1.54) is 23.8 Å². The SMILES string of the molecule is CCc1ccc([C@H](NC(=O)COC(=O)c2ccccc2S(C)(=O)=O)C(C)C)cc1. The molecule has 1 N–H and O–H groups in total. The van der Waals surface area contributed by atoms with Crippen LogP contribution < -0.4 is 5.32 Å². The summed E-state index contributed by atoms with van der Waals surface area (Å²) in [6.07, 6.45) is 1.95. The maximum Gasteiger partial charge on any atom is 0.339 e. The Kier molecular flexibility index (Phi) is 7.56. The Labute approximate surface area is 172 Å². The Bertz CT molecular complexity index is 965. The van der Waals surface area contributed by atoms with Crippen molar-refractivity contribution in [3.63, 3.8) is 0 Å². The van der Waals surface area contributed by atoms with Crippen molar-refractivity contribution in [2.24, 2.45) is 5.92 Å². The minimum absolute atomic E-state index is 0.0848. The molecule has 0 saturated heterocycles. The molecule has 2 aromatic carbocycles. The molecule has 0 aliphatic heterocycles. The number of hydrogen-bond donors (Lipinski definition) is 1. The lowest BCUT2D eigenvalue weighted by atomic mass is 9.95. The number of sulfone groups is 1. The molecule has 1 atom stereocenters. The molecule has 2 aromatic rings. The molecule has 156 valence electrons. The highest BCUT2D eigenvalue weighted by Gasteiger charge is 2.22. The van der Waals surface area contributed by atoms with Crippen molar-refractivity contribution in [3.8, 4) is 0 Å². The Hall–Kier alpha value is -2.67. The molecule has 0 aliphatic carbocycles. The molecule has 2 rings (SSSR count). The smallest absolute Gasteiger partial charge is 0.339 e.